The number of benzene rings is 1. The molecule has 1 atom stereocenters. The van der Waals surface area contributed by atoms with Crippen molar-refractivity contribution < 1.29 is 4.79 Å². The number of carbonyl (C=O) groups excluding carboxylic acids is 1. The molecule has 1 aromatic rings. The standard InChI is InChI=1S/C15H24N2O/c1-5-12(4)16-14-10-8-9-13(11-14)15(18)17(6-2)7-3/h8-12,16H,5-7H2,1-4H3. The molecular formula is C15H24N2O. The van der Waals surface area contributed by atoms with E-state index in [0.29, 0.717) is 6.04 Å². The van der Waals surface area contributed by atoms with Gasteiger partial charge in [0.1, 0.15) is 0 Å². The Labute approximate surface area is 110 Å². The Bertz CT molecular complexity index is 386. The number of nitrogens with one attached hydrogen (secondary N) is 1. The molecule has 0 bridgehead atoms. The summed E-state index contributed by atoms with van der Waals surface area (Å²) in [4.78, 5) is 14.0. The van der Waals surface area contributed by atoms with Crippen LogP contribution in [0.2, 0.25) is 0 Å². The zero-order valence-electron chi connectivity index (χ0n) is 11.9. The molecule has 1 aromatic carbocycles. The van der Waals surface area contributed by atoms with Gasteiger partial charge in [-0.15, -0.1) is 0 Å². The maximum atomic E-state index is 12.2. The highest BCUT2D eigenvalue weighted by molar-refractivity contribution is 5.95. The molecule has 100 valence electrons. The number of anilines is 1. The molecule has 3 nitrogen and oxygen atoms in total. The Kier molecular flexibility index (Phi) is 5.69. The summed E-state index contributed by atoms with van der Waals surface area (Å²) in [5.41, 5.74) is 1.77. The van der Waals surface area contributed by atoms with E-state index in [2.05, 4.69) is 19.2 Å². The summed E-state index contributed by atoms with van der Waals surface area (Å²) >= 11 is 0. The zero-order chi connectivity index (χ0) is 13.5. The zero-order valence-corrected chi connectivity index (χ0v) is 11.9. The number of hydrogen-bond donors (Lipinski definition) is 1. The molecule has 0 aromatic heterocycles. The normalized spacial score (nSPS) is 12.0. The lowest BCUT2D eigenvalue weighted by molar-refractivity contribution is 0.0773. The summed E-state index contributed by atoms with van der Waals surface area (Å²) in [6, 6.07) is 8.17. The highest BCUT2D eigenvalue weighted by Gasteiger charge is 2.12. The summed E-state index contributed by atoms with van der Waals surface area (Å²) in [6.45, 7) is 9.78. The first kappa shape index (κ1) is 14.6. The van der Waals surface area contributed by atoms with Crippen molar-refractivity contribution in [3.8, 4) is 0 Å². The predicted molar refractivity (Wildman–Crippen MR) is 77.1 cm³/mol. The molecule has 0 fully saturated rings. The summed E-state index contributed by atoms with van der Waals surface area (Å²) in [5.74, 6) is 0.104. The lowest BCUT2D eigenvalue weighted by Crippen LogP contribution is -2.30. The van der Waals surface area contributed by atoms with Crippen LogP contribution in [0.5, 0.6) is 0 Å². The molecule has 0 saturated heterocycles. The Morgan fingerprint density at radius 2 is 1.94 bits per heavy atom. The van der Waals surface area contributed by atoms with E-state index in [9.17, 15) is 4.79 Å². The number of nitrogens with zero attached hydrogens (tertiary/aromatic N) is 1. The molecule has 1 rings (SSSR count). The Hall–Kier alpha value is -1.51. The lowest BCUT2D eigenvalue weighted by atomic mass is 10.1. The minimum Gasteiger partial charge on any atom is -0.383 e. The SMILES string of the molecule is CCC(C)Nc1cccc(C(=O)N(CC)CC)c1. The Morgan fingerprint density at radius 1 is 1.28 bits per heavy atom. The summed E-state index contributed by atoms with van der Waals surface area (Å²) in [6.07, 6.45) is 1.06. The van der Waals surface area contributed by atoms with E-state index < -0.39 is 0 Å². The Balaban J connectivity index is 2.84. The maximum absolute atomic E-state index is 12.2. The average Bonchev–Trinajstić information content (AvgIpc) is 2.40. The van der Waals surface area contributed by atoms with Gasteiger partial charge in [-0.3, -0.25) is 4.79 Å². The molecule has 0 aliphatic heterocycles. The number of hydrogen-bond acceptors (Lipinski definition) is 2. The van der Waals surface area contributed by atoms with E-state index >= 15 is 0 Å². The van der Waals surface area contributed by atoms with Crippen molar-refractivity contribution in [2.75, 3.05) is 18.4 Å². The van der Waals surface area contributed by atoms with Gasteiger partial charge in [0.15, 0.2) is 0 Å². The van der Waals surface area contributed by atoms with Gasteiger partial charge >= 0.3 is 0 Å². The topological polar surface area (TPSA) is 32.3 Å². The highest BCUT2D eigenvalue weighted by atomic mass is 16.2. The molecule has 18 heavy (non-hydrogen) atoms. The fraction of sp³-hybridized carbons (Fsp3) is 0.533. The molecule has 0 spiro atoms. The van der Waals surface area contributed by atoms with Gasteiger partial charge in [0.25, 0.3) is 5.91 Å². The van der Waals surface area contributed by atoms with Gasteiger partial charge < -0.3 is 10.2 Å². The van der Waals surface area contributed by atoms with Gasteiger partial charge in [0.05, 0.1) is 0 Å². The van der Waals surface area contributed by atoms with Gasteiger partial charge in [0.2, 0.25) is 0 Å². The van der Waals surface area contributed by atoms with Crippen molar-refractivity contribution in [3.05, 3.63) is 29.8 Å². The van der Waals surface area contributed by atoms with E-state index in [0.717, 1.165) is 30.8 Å². The first-order valence-electron chi connectivity index (χ1n) is 6.78. The van der Waals surface area contributed by atoms with Crippen LogP contribution >= 0.6 is 0 Å². The van der Waals surface area contributed by atoms with Crippen LogP contribution in [-0.2, 0) is 0 Å². The molecule has 1 unspecified atom stereocenters. The van der Waals surface area contributed by atoms with E-state index in [-0.39, 0.29) is 5.91 Å². The molecule has 3 heteroatoms. The number of carbonyl (C=O) groups is 1. The second-order valence-corrected chi connectivity index (χ2v) is 4.51. The van der Waals surface area contributed by atoms with Gasteiger partial charge in [-0.25, -0.2) is 0 Å². The van der Waals surface area contributed by atoms with Crippen LogP contribution in [-0.4, -0.2) is 29.9 Å². The van der Waals surface area contributed by atoms with Crippen LogP contribution in [0.15, 0.2) is 24.3 Å². The van der Waals surface area contributed by atoms with Crippen LogP contribution in [0.1, 0.15) is 44.5 Å². The quantitative estimate of drug-likeness (QED) is 0.837. The fourth-order valence-electron chi connectivity index (χ4n) is 1.82. The van der Waals surface area contributed by atoms with Crippen molar-refractivity contribution in [1.29, 1.82) is 0 Å². The number of rotatable bonds is 6. The second kappa shape index (κ2) is 7.04. The van der Waals surface area contributed by atoms with Crippen molar-refractivity contribution >= 4 is 11.6 Å². The predicted octanol–water partition coefficient (Wildman–Crippen LogP) is 3.38. The van der Waals surface area contributed by atoms with Crippen LogP contribution < -0.4 is 5.32 Å². The summed E-state index contributed by atoms with van der Waals surface area (Å²) < 4.78 is 0. The molecule has 1 amide bonds. The average molecular weight is 248 g/mol. The molecular weight excluding hydrogens is 224 g/mol. The summed E-state index contributed by atoms with van der Waals surface area (Å²) in [5, 5.41) is 3.39. The van der Waals surface area contributed by atoms with Crippen molar-refractivity contribution in [3.63, 3.8) is 0 Å². The third kappa shape index (κ3) is 3.76. The highest BCUT2D eigenvalue weighted by Crippen LogP contribution is 2.14. The van der Waals surface area contributed by atoms with E-state index in [1.54, 1.807) is 0 Å². The van der Waals surface area contributed by atoms with Gasteiger partial charge in [0, 0.05) is 30.4 Å². The maximum Gasteiger partial charge on any atom is 0.253 e. The first-order valence-corrected chi connectivity index (χ1v) is 6.78. The summed E-state index contributed by atoms with van der Waals surface area (Å²) in [7, 11) is 0. The molecule has 0 heterocycles. The lowest BCUT2D eigenvalue weighted by Gasteiger charge is -2.19. The minimum absolute atomic E-state index is 0.104. The minimum atomic E-state index is 0.104. The first-order chi connectivity index (χ1) is 8.62. The van der Waals surface area contributed by atoms with E-state index in [1.807, 2.05) is 43.0 Å². The smallest absolute Gasteiger partial charge is 0.253 e. The van der Waals surface area contributed by atoms with Gasteiger partial charge in [-0.2, -0.15) is 0 Å². The van der Waals surface area contributed by atoms with Crippen LogP contribution in [0.3, 0.4) is 0 Å². The Morgan fingerprint density at radius 3 is 2.50 bits per heavy atom. The van der Waals surface area contributed by atoms with Crippen molar-refractivity contribution in [1.82, 2.24) is 4.90 Å². The third-order valence-corrected chi connectivity index (χ3v) is 3.19. The molecule has 0 radical (unpaired) electrons. The fourth-order valence-corrected chi connectivity index (χ4v) is 1.82. The van der Waals surface area contributed by atoms with E-state index in [4.69, 9.17) is 0 Å². The third-order valence-electron chi connectivity index (χ3n) is 3.19. The van der Waals surface area contributed by atoms with Gasteiger partial charge in [-0.05, 0) is 45.4 Å². The monoisotopic (exact) mass is 248 g/mol. The largest absolute Gasteiger partial charge is 0.383 e. The molecule has 0 aliphatic carbocycles. The van der Waals surface area contributed by atoms with Crippen LogP contribution in [0.4, 0.5) is 5.69 Å². The van der Waals surface area contributed by atoms with E-state index in [1.165, 1.54) is 0 Å². The van der Waals surface area contributed by atoms with Crippen LogP contribution in [0, 0.1) is 0 Å². The van der Waals surface area contributed by atoms with Gasteiger partial charge in [-0.1, -0.05) is 13.0 Å². The molecule has 0 saturated carbocycles. The van der Waals surface area contributed by atoms with Crippen molar-refractivity contribution in [2.24, 2.45) is 0 Å². The second-order valence-electron chi connectivity index (χ2n) is 4.51. The molecule has 1 N–H and O–H groups in total. The van der Waals surface area contributed by atoms with Crippen molar-refractivity contribution in [2.45, 2.75) is 40.2 Å². The molecule has 0 aliphatic rings. The van der Waals surface area contributed by atoms with Crippen LogP contribution in [0.25, 0.3) is 0 Å². The number of amides is 1.